The number of carbonyl (C=O) groups excluding carboxylic acids is 1. The summed E-state index contributed by atoms with van der Waals surface area (Å²) in [4.78, 5) is 14.4. The molecular formula is C9H14N4O2. The molecule has 0 aromatic carbocycles. The van der Waals surface area contributed by atoms with Gasteiger partial charge >= 0.3 is 6.09 Å². The summed E-state index contributed by atoms with van der Waals surface area (Å²) in [7, 11) is 0. The average molecular weight is 210 g/mol. The van der Waals surface area contributed by atoms with Crippen LogP contribution in [0.25, 0.3) is 0 Å². The number of nitrogens with two attached hydrogens (primary N) is 2. The number of pyridine rings is 1. The highest BCUT2D eigenvalue weighted by atomic mass is 16.5. The number of primary amides is 1. The Hall–Kier alpha value is -1.98. The van der Waals surface area contributed by atoms with Crippen LogP contribution in [0.3, 0.4) is 0 Å². The highest BCUT2D eigenvalue weighted by Gasteiger charge is 2.00. The first-order chi connectivity index (χ1) is 7.09. The molecule has 15 heavy (non-hydrogen) atoms. The number of amides is 1. The Bertz CT molecular complexity index is 354. The maximum absolute atomic E-state index is 10.3. The average Bonchev–Trinajstić information content (AvgIpc) is 2.17. The zero-order chi connectivity index (χ0) is 11.3. The summed E-state index contributed by atoms with van der Waals surface area (Å²) < 4.78 is 4.54. The molecule has 1 aromatic heterocycles. The molecule has 5 N–H and O–H groups in total. The summed E-state index contributed by atoms with van der Waals surface area (Å²) in [6.07, 6.45) is -0.790. The van der Waals surface area contributed by atoms with Gasteiger partial charge in [0, 0.05) is 5.69 Å². The third kappa shape index (κ3) is 3.72. The summed E-state index contributed by atoms with van der Waals surface area (Å²) in [6, 6.07) is 3.58. The van der Waals surface area contributed by atoms with Gasteiger partial charge in [-0.1, -0.05) is 0 Å². The molecule has 1 heterocycles. The number of nitrogens with one attached hydrogen (secondary N) is 1. The highest BCUT2D eigenvalue weighted by Crippen LogP contribution is 2.14. The second-order valence-electron chi connectivity index (χ2n) is 2.98. The molecule has 0 spiro atoms. The molecule has 1 rings (SSSR count). The van der Waals surface area contributed by atoms with Crippen LogP contribution in [0.1, 0.15) is 5.69 Å². The summed E-state index contributed by atoms with van der Waals surface area (Å²) in [5.74, 6) is 0.586. The Kier molecular flexibility index (Phi) is 3.73. The fourth-order valence-corrected chi connectivity index (χ4v) is 1.03. The van der Waals surface area contributed by atoms with Crippen molar-refractivity contribution >= 4 is 17.6 Å². The van der Waals surface area contributed by atoms with E-state index in [-0.39, 0.29) is 6.61 Å². The number of hydrogen-bond donors (Lipinski definition) is 3. The lowest BCUT2D eigenvalue weighted by molar-refractivity contribution is 0.161. The Morgan fingerprint density at radius 1 is 1.60 bits per heavy atom. The Morgan fingerprint density at radius 2 is 2.33 bits per heavy atom. The standard InChI is InChI=1S/C9H14N4O2/c1-6-2-3-7(10)8(13-6)12-4-5-15-9(11)14/h2-3H,4-5,10H2,1H3,(H2,11,14)(H,12,13). The quantitative estimate of drug-likeness (QED) is 0.627. The molecule has 6 heteroatoms. The van der Waals surface area contributed by atoms with Crippen molar-refractivity contribution in [3.8, 4) is 0 Å². The number of carbonyl (C=O) groups is 1. The zero-order valence-electron chi connectivity index (χ0n) is 8.49. The first-order valence-electron chi connectivity index (χ1n) is 4.49. The minimum atomic E-state index is -0.790. The number of aryl methyl sites for hydroxylation is 1. The van der Waals surface area contributed by atoms with Crippen molar-refractivity contribution in [3.63, 3.8) is 0 Å². The number of nitrogens with zero attached hydrogens (tertiary/aromatic N) is 1. The van der Waals surface area contributed by atoms with Crippen LogP contribution in [0.2, 0.25) is 0 Å². The monoisotopic (exact) mass is 210 g/mol. The van der Waals surface area contributed by atoms with Gasteiger partial charge in [-0.25, -0.2) is 9.78 Å². The van der Waals surface area contributed by atoms with Gasteiger partial charge in [-0.2, -0.15) is 0 Å². The number of ether oxygens (including phenoxy) is 1. The normalized spacial score (nSPS) is 9.67. The van der Waals surface area contributed by atoms with Crippen molar-refractivity contribution < 1.29 is 9.53 Å². The van der Waals surface area contributed by atoms with Crippen LogP contribution in [0, 0.1) is 6.92 Å². The van der Waals surface area contributed by atoms with Crippen LogP contribution >= 0.6 is 0 Å². The van der Waals surface area contributed by atoms with E-state index in [2.05, 4.69) is 15.0 Å². The Balaban J connectivity index is 2.43. The minimum absolute atomic E-state index is 0.185. The first-order valence-corrected chi connectivity index (χ1v) is 4.49. The molecule has 0 aliphatic heterocycles. The second kappa shape index (κ2) is 5.04. The van der Waals surface area contributed by atoms with E-state index in [1.165, 1.54) is 0 Å². The van der Waals surface area contributed by atoms with Gasteiger partial charge in [-0.3, -0.25) is 0 Å². The largest absolute Gasteiger partial charge is 0.448 e. The SMILES string of the molecule is Cc1ccc(N)c(NCCOC(N)=O)n1. The molecule has 0 bridgehead atoms. The Morgan fingerprint density at radius 3 is 3.00 bits per heavy atom. The van der Waals surface area contributed by atoms with Crippen LogP contribution in [-0.2, 0) is 4.74 Å². The zero-order valence-corrected chi connectivity index (χ0v) is 8.49. The van der Waals surface area contributed by atoms with Gasteiger partial charge in [-0.05, 0) is 19.1 Å². The summed E-state index contributed by atoms with van der Waals surface area (Å²) in [5.41, 5.74) is 11.9. The summed E-state index contributed by atoms with van der Waals surface area (Å²) in [5, 5.41) is 2.94. The van der Waals surface area contributed by atoms with E-state index in [0.29, 0.717) is 18.1 Å². The highest BCUT2D eigenvalue weighted by molar-refractivity contribution is 5.64. The van der Waals surface area contributed by atoms with Crippen molar-refractivity contribution in [1.29, 1.82) is 0 Å². The molecule has 0 unspecified atom stereocenters. The first kappa shape index (κ1) is 11.1. The van der Waals surface area contributed by atoms with E-state index in [1.54, 1.807) is 6.07 Å². The van der Waals surface area contributed by atoms with Gasteiger partial charge in [0.25, 0.3) is 0 Å². The summed E-state index contributed by atoms with van der Waals surface area (Å²) in [6.45, 7) is 2.47. The van der Waals surface area contributed by atoms with Crippen LogP contribution in [0.4, 0.5) is 16.3 Å². The van der Waals surface area contributed by atoms with Crippen LogP contribution in [-0.4, -0.2) is 24.2 Å². The molecule has 0 saturated carbocycles. The molecule has 1 aromatic rings. The Labute approximate surface area is 87.6 Å². The van der Waals surface area contributed by atoms with Gasteiger partial charge in [0.05, 0.1) is 12.2 Å². The second-order valence-corrected chi connectivity index (χ2v) is 2.98. The smallest absolute Gasteiger partial charge is 0.404 e. The maximum atomic E-state index is 10.3. The van der Waals surface area contributed by atoms with Gasteiger partial charge in [-0.15, -0.1) is 0 Å². The molecule has 0 saturated heterocycles. The lowest BCUT2D eigenvalue weighted by Gasteiger charge is -2.08. The molecule has 82 valence electrons. The van der Waals surface area contributed by atoms with E-state index < -0.39 is 6.09 Å². The van der Waals surface area contributed by atoms with Crippen LogP contribution in [0.5, 0.6) is 0 Å². The molecule has 1 amide bonds. The van der Waals surface area contributed by atoms with Crippen molar-refractivity contribution in [1.82, 2.24) is 4.98 Å². The molecule has 0 radical (unpaired) electrons. The number of anilines is 2. The predicted molar refractivity (Wildman–Crippen MR) is 57.4 cm³/mol. The molecule has 0 aliphatic carbocycles. The van der Waals surface area contributed by atoms with Crippen LogP contribution < -0.4 is 16.8 Å². The van der Waals surface area contributed by atoms with Gasteiger partial charge in [0.1, 0.15) is 12.4 Å². The minimum Gasteiger partial charge on any atom is -0.448 e. The predicted octanol–water partition coefficient (Wildman–Crippen LogP) is 0.479. The van der Waals surface area contributed by atoms with Gasteiger partial charge in [0.2, 0.25) is 0 Å². The molecular weight excluding hydrogens is 196 g/mol. The lowest BCUT2D eigenvalue weighted by atomic mass is 10.3. The fraction of sp³-hybridized carbons (Fsp3) is 0.333. The lowest BCUT2D eigenvalue weighted by Crippen LogP contribution is -2.19. The van der Waals surface area contributed by atoms with E-state index >= 15 is 0 Å². The number of nitrogen functional groups attached to an aromatic ring is 1. The summed E-state index contributed by atoms with van der Waals surface area (Å²) >= 11 is 0. The number of aromatic nitrogens is 1. The van der Waals surface area contributed by atoms with Crippen molar-refractivity contribution in [2.24, 2.45) is 5.73 Å². The van der Waals surface area contributed by atoms with Gasteiger partial charge < -0.3 is 21.5 Å². The topological polar surface area (TPSA) is 103 Å². The van der Waals surface area contributed by atoms with Crippen LogP contribution in [0.15, 0.2) is 12.1 Å². The van der Waals surface area contributed by atoms with Gasteiger partial charge in [0.15, 0.2) is 0 Å². The maximum Gasteiger partial charge on any atom is 0.404 e. The molecule has 0 atom stereocenters. The number of hydrogen-bond acceptors (Lipinski definition) is 5. The molecule has 6 nitrogen and oxygen atoms in total. The third-order valence-electron chi connectivity index (χ3n) is 1.70. The van der Waals surface area contributed by atoms with Crippen molar-refractivity contribution in [2.45, 2.75) is 6.92 Å². The van der Waals surface area contributed by atoms with E-state index in [1.807, 2.05) is 13.0 Å². The third-order valence-corrected chi connectivity index (χ3v) is 1.70. The van der Waals surface area contributed by atoms with Crippen molar-refractivity contribution in [3.05, 3.63) is 17.8 Å². The number of rotatable bonds is 4. The van der Waals surface area contributed by atoms with E-state index in [9.17, 15) is 4.79 Å². The molecule has 0 fully saturated rings. The molecule has 0 aliphatic rings. The van der Waals surface area contributed by atoms with Crippen molar-refractivity contribution in [2.75, 3.05) is 24.2 Å². The van der Waals surface area contributed by atoms with E-state index in [0.717, 1.165) is 5.69 Å². The fourth-order valence-electron chi connectivity index (χ4n) is 1.03. The van der Waals surface area contributed by atoms with E-state index in [4.69, 9.17) is 11.5 Å².